The van der Waals surface area contributed by atoms with Crippen LogP contribution in [0.1, 0.15) is 62.0 Å². The first-order valence-electron chi connectivity index (χ1n) is 11.2. The lowest BCUT2D eigenvalue weighted by Gasteiger charge is -2.32. The number of carbonyl (C=O) groups excluding carboxylic acids is 2. The van der Waals surface area contributed by atoms with E-state index in [-0.39, 0.29) is 17.7 Å². The van der Waals surface area contributed by atoms with Gasteiger partial charge in [0.05, 0.1) is 11.3 Å². The molecule has 1 aliphatic rings. The fourth-order valence-corrected chi connectivity index (χ4v) is 4.18. The Balaban J connectivity index is 1.43. The third-order valence-electron chi connectivity index (χ3n) is 6.07. The third kappa shape index (κ3) is 5.05. The predicted molar refractivity (Wildman–Crippen MR) is 126 cm³/mol. The van der Waals surface area contributed by atoms with Crippen molar-refractivity contribution < 1.29 is 9.59 Å². The molecule has 0 unspecified atom stereocenters. The molecule has 1 saturated heterocycles. The lowest BCUT2D eigenvalue weighted by Crippen LogP contribution is -2.38. The van der Waals surface area contributed by atoms with E-state index in [2.05, 4.69) is 5.32 Å². The number of pyridine rings is 1. The van der Waals surface area contributed by atoms with Crippen molar-refractivity contribution in [2.24, 2.45) is 0 Å². The van der Waals surface area contributed by atoms with E-state index in [1.165, 1.54) is 5.56 Å². The van der Waals surface area contributed by atoms with E-state index in [1.807, 2.05) is 85.5 Å². The molecule has 2 heterocycles. The lowest BCUT2D eigenvalue weighted by atomic mass is 9.89. The minimum absolute atomic E-state index is 0.0670. The van der Waals surface area contributed by atoms with Crippen LogP contribution in [0.5, 0.6) is 0 Å². The summed E-state index contributed by atoms with van der Waals surface area (Å²) in [6.45, 7) is 5.81. The molecule has 32 heavy (non-hydrogen) atoms. The van der Waals surface area contributed by atoms with E-state index in [0.717, 1.165) is 35.4 Å². The first-order chi connectivity index (χ1) is 15.5. The highest BCUT2D eigenvalue weighted by atomic mass is 16.2. The number of rotatable bonds is 5. The lowest BCUT2D eigenvalue weighted by molar-refractivity contribution is 0.0710. The van der Waals surface area contributed by atoms with Crippen LogP contribution in [0.2, 0.25) is 0 Å². The van der Waals surface area contributed by atoms with Crippen molar-refractivity contribution in [3.8, 4) is 0 Å². The maximum absolute atomic E-state index is 13.0. The summed E-state index contributed by atoms with van der Waals surface area (Å²) < 4.78 is 0. The number of piperidine rings is 1. The number of aromatic nitrogens is 1. The van der Waals surface area contributed by atoms with Gasteiger partial charge in [0, 0.05) is 36.8 Å². The van der Waals surface area contributed by atoms with Gasteiger partial charge in [-0.25, -0.2) is 0 Å². The van der Waals surface area contributed by atoms with Crippen molar-refractivity contribution in [3.63, 3.8) is 0 Å². The molecule has 0 saturated carbocycles. The molecule has 0 radical (unpaired) electrons. The van der Waals surface area contributed by atoms with Crippen molar-refractivity contribution in [2.75, 3.05) is 13.1 Å². The maximum atomic E-state index is 13.0. The van der Waals surface area contributed by atoms with Crippen LogP contribution in [-0.2, 0) is 6.54 Å². The van der Waals surface area contributed by atoms with Crippen LogP contribution < -0.4 is 5.32 Å². The van der Waals surface area contributed by atoms with Gasteiger partial charge in [-0.3, -0.25) is 14.6 Å². The normalized spacial score (nSPS) is 14.2. The first kappa shape index (κ1) is 21.8. The van der Waals surface area contributed by atoms with Gasteiger partial charge < -0.3 is 10.2 Å². The second-order valence-corrected chi connectivity index (χ2v) is 8.49. The van der Waals surface area contributed by atoms with E-state index in [0.29, 0.717) is 25.2 Å². The fraction of sp³-hybridized carbons (Fsp3) is 0.296. The zero-order chi connectivity index (χ0) is 22.5. The van der Waals surface area contributed by atoms with Crippen molar-refractivity contribution >= 4 is 11.8 Å². The average molecular weight is 428 g/mol. The molecule has 1 N–H and O–H groups in total. The highest BCUT2D eigenvalue weighted by Crippen LogP contribution is 2.30. The minimum Gasteiger partial charge on any atom is -0.348 e. The largest absolute Gasteiger partial charge is 0.348 e. The third-order valence-corrected chi connectivity index (χ3v) is 6.07. The van der Waals surface area contributed by atoms with E-state index in [4.69, 9.17) is 4.98 Å². The molecule has 5 nitrogen and oxygen atoms in total. The number of benzene rings is 2. The number of hydrogen-bond acceptors (Lipinski definition) is 3. The van der Waals surface area contributed by atoms with E-state index < -0.39 is 0 Å². The average Bonchev–Trinajstić information content (AvgIpc) is 2.83. The second-order valence-electron chi connectivity index (χ2n) is 8.49. The topological polar surface area (TPSA) is 62.3 Å². The molecular formula is C27H29N3O2. The van der Waals surface area contributed by atoms with E-state index in [9.17, 15) is 9.59 Å². The summed E-state index contributed by atoms with van der Waals surface area (Å²) in [5.41, 5.74) is 5.36. The van der Waals surface area contributed by atoms with Gasteiger partial charge >= 0.3 is 0 Å². The van der Waals surface area contributed by atoms with Gasteiger partial charge in [0.1, 0.15) is 0 Å². The van der Waals surface area contributed by atoms with Crippen LogP contribution in [0, 0.1) is 13.8 Å². The van der Waals surface area contributed by atoms with Crippen molar-refractivity contribution in [1.29, 1.82) is 0 Å². The van der Waals surface area contributed by atoms with Gasteiger partial charge in [-0.1, -0.05) is 48.0 Å². The Kier molecular flexibility index (Phi) is 6.64. The Morgan fingerprint density at radius 3 is 2.31 bits per heavy atom. The monoisotopic (exact) mass is 427 g/mol. The zero-order valence-corrected chi connectivity index (χ0v) is 18.7. The van der Waals surface area contributed by atoms with Gasteiger partial charge in [-0.2, -0.15) is 0 Å². The molecule has 0 bridgehead atoms. The van der Waals surface area contributed by atoms with Crippen LogP contribution in [0.25, 0.3) is 0 Å². The molecule has 4 rings (SSSR count). The molecule has 0 spiro atoms. The number of amides is 2. The summed E-state index contributed by atoms with van der Waals surface area (Å²) in [6.07, 6.45) is 1.60. The summed E-state index contributed by atoms with van der Waals surface area (Å²) in [4.78, 5) is 32.4. The molecule has 1 aromatic heterocycles. The molecule has 1 aliphatic heterocycles. The van der Waals surface area contributed by atoms with Gasteiger partial charge in [-0.05, 0) is 56.5 Å². The maximum Gasteiger partial charge on any atom is 0.253 e. The standard InChI is InChI=1S/C27H29N3O2/c1-19-8-11-21(12-9-19)18-28-26(31)24-13-10-20(2)29-25(24)22-14-16-30(17-15-22)27(32)23-6-4-3-5-7-23/h3-13,22H,14-18H2,1-2H3,(H,28,31). The van der Waals surface area contributed by atoms with E-state index >= 15 is 0 Å². The fourth-order valence-electron chi connectivity index (χ4n) is 4.18. The number of nitrogens with zero attached hydrogens (tertiary/aromatic N) is 2. The SMILES string of the molecule is Cc1ccc(CNC(=O)c2ccc(C)nc2C2CCN(C(=O)c3ccccc3)CC2)cc1. The number of likely N-dealkylation sites (tertiary alicyclic amines) is 1. The van der Waals surface area contributed by atoms with Crippen molar-refractivity contribution in [3.05, 3.63) is 100 Å². The molecule has 2 amide bonds. The molecule has 164 valence electrons. The Labute approximate surface area is 189 Å². The summed E-state index contributed by atoms with van der Waals surface area (Å²) >= 11 is 0. The Morgan fingerprint density at radius 2 is 1.62 bits per heavy atom. The second kappa shape index (κ2) is 9.77. The highest BCUT2D eigenvalue weighted by molar-refractivity contribution is 5.95. The number of hydrogen-bond donors (Lipinski definition) is 1. The Morgan fingerprint density at radius 1 is 0.938 bits per heavy atom. The smallest absolute Gasteiger partial charge is 0.253 e. The quantitative estimate of drug-likeness (QED) is 0.645. The number of carbonyl (C=O) groups is 2. The van der Waals surface area contributed by atoms with Gasteiger partial charge in [0.2, 0.25) is 0 Å². The first-order valence-corrected chi connectivity index (χ1v) is 11.2. The van der Waals surface area contributed by atoms with Gasteiger partial charge in [0.15, 0.2) is 0 Å². The Hall–Kier alpha value is -3.47. The summed E-state index contributed by atoms with van der Waals surface area (Å²) in [6, 6.07) is 21.3. The minimum atomic E-state index is -0.101. The molecule has 0 aliphatic carbocycles. The van der Waals surface area contributed by atoms with Crippen LogP contribution in [-0.4, -0.2) is 34.8 Å². The number of aryl methyl sites for hydroxylation is 2. The summed E-state index contributed by atoms with van der Waals surface area (Å²) in [5, 5.41) is 3.04. The van der Waals surface area contributed by atoms with Crippen LogP contribution >= 0.6 is 0 Å². The molecule has 2 aromatic carbocycles. The molecule has 3 aromatic rings. The van der Waals surface area contributed by atoms with Crippen LogP contribution in [0.3, 0.4) is 0 Å². The Bertz CT molecular complexity index is 1090. The predicted octanol–water partition coefficient (Wildman–Crippen LogP) is 4.65. The van der Waals surface area contributed by atoms with E-state index in [1.54, 1.807) is 0 Å². The van der Waals surface area contributed by atoms with Crippen molar-refractivity contribution in [1.82, 2.24) is 15.2 Å². The molecule has 1 fully saturated rings. The molecule has 0 atom stereocenters. The molecule has 5 heteroatoms. The zero-order valence-electron chi connectivity index (χ0n) is 18.7. The van der Waals surface area contributed by atoms with Crippen LogP contribution in [0.4, 0.5) is 0 Å². The summed E-state index contributed by atoms with van der Waals surface area (Å²) in [7, 11) is 0. The highest BCUT2D eigenvalue weighted by Gasteiger charge is 2.28. The van der Waals surface area contributed by atoms with Gasteiger partial charge in [0.25, 0.3) is 11.8 Å². The van der Waals surface area contributed by atoms with Gasteiger partial charge in [-0.15, -0.1) is 0 Å². The summed E-state index contributed by atoms with van der Waals surface area (Å²) in [5.74, 6) is 0.128. The molecular weight excluding hydrogens is 398 g/mol. The van der Waals surface area contributed by atoms with Crippen molar-refractivity contribution in [2.45, 2.75) is 39.2 Å². The number of nitrogens with one attached hydrogen (secondary N) is 1. The van der Waals surface area contributed by atoms with Crippen LogP contribution in [0.15, 0.2) is 66.7 Å².